The molecule has 102 valence electrons. The second-order valence-corrected chi connectivity index (χ2v) is 5.14. The zero-order valence-electron chi connectivity index (χ0n) is 11.3. The molecule has 0 atom stereocenters. The standard InChI is InChI=1S/C13H16N2O4/c1-13(2,3)19-12(17)15-10-7-8(18-4)5-6-9(10)11(16)14-15/h5-7H,1-4H3,(H,14,16). The van der Waals surface area contributed by atoms with Gasteiger partial charge in [-0.05, 0) is 32.9 Å². The third-order valence-corrected chi connectivity index (χ3v) is 2.48. The predicted octanol–water partition coefficient (Wildman–Crippen LogP) is 2.12. The zero-order valence-corrected chi connectivity index (χ0v) is 11.3. The maximum absolute atomic E-state index is 12.0. The fraction of sp³-hybridized carbons (Fsp3) is 0.385. The molecule has 0 aliphatic carbocycles. The van der Waals surface area contributed by atoms with Crippen molar-refractivity contribution < 1.29 is 14.3 Å². The van der Waals surface area contributed by atoms with Gasteiger partial charge in [-0.3, -0.25) is 9.89 Å². The molecule has 0 radical (unpaired) electrons. The average molecular weight is 264 g/mol. The second-order valence-electron chi connectivity index (χ2n) is 5.14. The number of ether oxygens (including phenoxy) is 2. The summed E-state index contributed by atoms with van der Waals surface area (Å²) in [6.45, 7) is 5.28. The number of aromatic amines is 1. The fourth-order valence-corrected chi connectivity index (χ4v) is 1.69. The minimum Gasteiger partial charge on any atom is -0.497 e. The monoisotopic (exact) mass is 264 g/mol. The first-order valence-corrected chi connectivity index (χ1v) is 5.84. The Morgan fingerprint density at radius 1 is 1.32 bits per heavy atom. The molecule has 0 aliphatic heterocycles. The van der Waals surface area contributed by atoms with E-state index in [2.05, 4.69) is 5.10 Å². The molecule has 19 heavy (non-hydrogen) atoms. The molecule has 6 heteroatoms. The van der Waals surface area contributed by atoms with Gasteiger partial charge >= 0.3 is 6.09 Å². The van der Waals surface area contributed by atoms with Crippen molar-refractivity contribution in [3.05, 3.63) is 28.6 Å². The van der Waals surface area contributed by atoms with Crippen LogP contribution >= 0.6 is 0 Å². The molecule has 1 aromatic heterocycles. The molecule has 1 N–H and O–H groups in total. The van der Waals surface area contributed by atoms with Crippen molar-refractivity contribution in [3.63, 3.8) is 0 Å². The predicted molar refractivity (Wildman–Crippen MR) is 70.7 cm³/mol. The summed E-state index contributed by atoms with van der Waals surface area (Å²) in [6, 6.07) is 4.88. The number of carbonyl (C=O) groups excluding carboxylic acids is 1. The topological polar surface area (TPSA) is 73.3 Å². The van der Waals surface area contributed by atoms with Crippen LogP contribution in [0.3, 0.4) is 0 Å². The van der Waals surface area contributed by atoms with Gasteiger partial charge in [-0.1, -0.05) is 0 Å². The van der Waals surface area contributed by atoms with E-state index in [4.69, 9.17) is 9.47 Å². The van der Waals surface area contributed by atoms with Gasteiger partial charge < -0.3 is 9.47 Å². The first-order valence-electron chi connectivity index (χ1n) is 5.84. The summed E-state index contributed by atoms with van der Waals surface area (Å²) in [5.41, 5.74) is -0.550. The smallest absolute Gasteiger partial charge is 0.434 e. The van der Waals surface area contributed by atoms with Crippen molar-refractivity contribution >= 4 is 17.0 Å². The number of benzene rings is 1. The highest BCUT2D eigenvalue weighted by Crippen LogP contribution is 2.19. The van der Waals surface area contributed by atoms with E-state index in [1.54, 1.807) is 39.0 Å². The van der Waals surface area contributed by atoms with Crippen LogP contribution in [-0.4, -0.2) is 28.6 Å². The van der Waals surface area contributed by atoms with E-state index in [-0.39, 0.29) is 5.56 Å². The molecule has 2 aromatic rings. The highest BCUT2D eigenvalue weighted by molar-refractivity contribution is 5.88. The molecular weight excluding hydrogens is 248 g/mol. The molecule has 2 rings (SSSR count). The van der Waals surface area contributed by atoms with E-state index in [0.29, 0.717) is 16.7 Å². The van der Waals surface area contributed by atoms with Gasteiger partial charge in [0.15, 0.2) is 0 Å². The minimum atomic E-state index is -0.635. The molecule has 0 unspecified atom stereocenters. The van der Waals surface area contributed by atoms with Gasteiger partial charge in [-0.25, -0.2) is 4.79 Å². The van der Waals surface area contributed by atoms with Crippen LogP contribution in [0.2, 0.25) is 0 Å². The summed E-state index contributed by atoms with van der Waals surface area (Å²) in [5.74, 6) is 0.559. The van der Waals surface area contributed by atoms with E-state index >= 15 is 0 Å². The quantitative estimate of drug-likeness (QED) is 0.856. The minimum absolute atomic E-state index is 0.344. The van der Waals surface area contributed by atoms with Crippen molar-refractivity contribution in [2.24, 2.45) is 0 Å². The van der Waals surface area contributed by atoms with Crippen LogP contribution in [0.15, 0.2) is 23.0 Å². The lowest BCUT2D eigenvalue weighted by Crippen LogP contribution is -2.28. The Balaban J connectivity index is 2.54. The van der Waals surface area contributed by atoms with Crippen LogP contribution in [0.25, 0.3) is 10.9 Å². The maximum atomic E-state index is 12.0. The molecule has 0 spiro atoms. The number of nitrogens with one attached hydrogen (secondary N) is 1. The number of fused-ring (bicyclic) bond motifs is 1. The number of carbonyl (C=O) groups is 1. The Kier molecular flexibility index (Phi) is 3.09. The van der Waals surface area contributed by atoms with E-state index in [0.717, 1.165) is 4.68 Å². The molecule has 0 saturated heterocycles. The number of H-pyrrole nitrogens is 1. The lowest BCUT2D eigenvalue weighted by atomic mass is 10.2. The van der Waals surface area contributed by atoms with Crippen LogP contribution in [0.1, 0.15) is 20.8 Å². The Bertz CT molecular complexity index is 676. The van der Waals surface area contributed by atoms with Crippen LogP contribution in [0.5, 0.6) is 5.75 Å². The number of rotatable bonds is 1. The fourth-order valence-electron chi connectivity index (χ4n) is 1.69. The normalized spacial score (nSPS) is 11.6. The van der Waals surface area contributed by atoms with Crippen molar-refractivity contribution in [1.29, 1.82) is 0 Å². The molecule has 0 saturated carbocycles. The molecule has 0 aliphatic rings. The van der Waals surface area contributed by atoms with Gasteiger partial charge in [0.05, 0.1) is 18.0 Å². The molecular formula is C13H16N2O4. The van der Waals surface area contributed by atoms with Gasteiger partial charge in [0.25, 0.3) is 5.56 Å². The summed E-state index contributed by atoms with van der Waals surface area (Å²) in [7, 11) is 1.52. The van der Waals surface area contributed by atoms with Gasteiger partial charge in [-0.2, -0.15) is 4.68 Å². The molecule has 1 aromatic carbocycles. The summed E-state index contributed by atoms with van der Waals surface area (Å²) < 4.78 is 11.4. The molecule has 0 bridgehead atoms. The summed E-state index contributed by atoms with van der Waals surface area (Å²) >= 11 is 0. The molecule has 1 heterocycles. The van der Waals surface area contributed by atoms with Crippen LogP contribution in [0, 0.1) is 0 Å². The Morgan fingerprint density at radius 3 is 2.58 bits per heavy atom. The maximum Gasteiger partial charge on any atom is 0.434 e. The summed E-state index contributed by atoms with van der Waals surface area (Å²) in [4.78, 5) is 23.8. The van der Waals surface area contributed by atoms with E-state index in [1.165, 1.54) is 7.11 Å². The largest absolute Gasteiger partial charge is 0.497 e. The van der Waals surface area contributed by atoms with E-state index in [1.807, 2.05) is 0 Å². The third-order valence-electron chi connectivity index (χ3n) is 2.48. The van der Waals surface area contributed by atoms with Crippen molar-refractivity contribution in [3.8, 4) is 5.75 Å². The number of hydrogen-bond acceptors (Lipinski definition) is 4. The van der Waals surface area contributed by atoms with Gasteiger partial charge in [0, 0.05) is 6.07 Å². The van der Waals surface area contributed by atoms with Crippen LogP contribution in [-0.2, 0) is 4.74 Å². The number of hydrogen-bond donors (Lipinski definition) is 1. The van der Waals surface area contributed by atoms with E-state index < -0.39 is 11.7 Å². The molecule has 0 amide bonds. The van der Waals surface area contributed by atoms with Gasteiger partial charge in [0.2, 0.25) is 0 Å². The van der Waals surface area contributed by atoms with Crippen LogP contribution in [0.4, 0.5) is 4.79 Å². The van der Waals surface area contributed by atoms with Crippen LogP contribution < -0.4 is 10.3 Å². The number of aromatic nitrogens is 2. The first kappa shape index (κ1) is 13.2. The van der Waals surface area contributed by atoms with Crippen molar-refractivity contribution in [2.45, 2.75) is 26.4 Å². The van der Waals surface area contributed by atoms with Crippen molar-refractivity contribution in [2.75, 3.05) is 7.11 Å². The SMILES string of the molecule is COc1ccc2c(=O)[nH]n(C(=O)OC(C)(C)C)c2c1. The average Bonchev–Trinajstić information content (AvgIpc) is 2.64. The van der Waals surface area contributed by atoms with Gasteiger partial charge in [0.1, 0.15) is 11.4 Å². The summed E-state index contributed by atoms with van der Waals surface area (Å²) in [5, 5.41) is 2.87. The summed E-state index contributed by atoms with van der Waals surface area (Å²) in [6.07, 6.45) is -0.632. The lowest BCUT2D eigenvalue weighted by Gasteiger charge is -2.19. The Labute approximate surface area is 109 Å². The lowest BCUT2D eigenvalue weighted by molar-refractivity contribution is 0.0522. The second kappa shape index (κ2) is 4.46. The molecule has 0 fully saturated rings. The number of methoxy groups -OCH3 is 1. The number of nitrogens with zero attached hydrogens (tertiary/aromatic N) is 1. The molecule has 6 nitrogen and oxygen atoms in total. The highest BCUT2D eigenvalue weighted by Gasteiger charge is 2.20. The zero-order chi connectivity index (χ0) is 14.2. The first-order chi connectivity index (χ1) is 8.81. The Morgan fingerprint density at radius 2 is 2.00 bits per heavy atom. The highest BCUT2D eigenvalue weighted by atomic mass is 16.6. The third kappa shape index (κ3) is 2.62. The van der Waals surface area contributed by atoms with E-state index in [9.17, 15) is 9.59 Å². The van der Waals surface area contributed by atoms with Gasteiger partial charge in [-0.15, -0.1) is 0 Å². The van der Waals surface area contributed by atoms with Crippen molar-refractivity contribution in [1.82, 2.24) is 9.78 Å². The Hall–Kier alpha value is -2.24.